The molecular formula is C16H25NO2. The third kappa shape index (κ3) is 3.87. The fraction of sp³-hybridized carbons (Fsp3) is 0.625. The molecule has 0 spiro atoms. The van der Waals surface area contributed by atoms with Crippen molar-refractivity contribution in [1.29, 1.82) is 0 Å². The van der Waals surface area contributed by atoms with E-state index in [-0.39, 0.29) is 0 Å². The number of ether oxygens (including phenoxy) is 2. The van der Waals surface area contributed by atoms with Crippen LogP contribution < -0.4 is 14.8 Å². The second kappa shape index (κ2) is 7.39. The van der Waals surface area contributed by atoms with Crippen molar-refractivity contribution in [2.24, 2.45) is 0 Å². The molecule has 1 aliphatic rings. The summed E-state index contributed by atoms with van der Waals surface area (Å²) in [6.07, 6.45) is 4.57. The molecule has 0 radical (unpaired) electrons. The molecule has 1 atom stereocenters. The highest BCUT2D eigenvalue weighted by Gasteiger charge is 2.15. The van der Waals surface area contributed by atoms with Gasteiger partial charge in [0.1, 0.15) is 0 Å². The summed E-state index contributed by atoms with van der Waals surface area (Å²) in [6.45, 7) is 6.81. The molecule has 0 bridgehead atoms. The van der Waals surface area contributed by atoms with Crippen molar-refractivity contribution in [3.05, 3.63) is 23.8 Å². The SMILES string of the molecule is CCCC(CC)NCc1cccc2c1OCCCO2. The molecular weight excluding hydrogens is 238 g/mol. The van der Waals surface area contributed by atoms with Crippen LogP contribution in [0.25, 0.3) is 0 Å². The Labute approximate surface area is 116 Å². The Kier molecular flexibility index (Phi) is 5.52. The van der Waals surface area contributed by atoms with Gasteiger partial charge in [0, 0.05) is 24.6 Å². The number of benzene rings is 1. The average molecular weight is 263 g/mol. The third-order valence-electron chi connectivity index (χ3n) is 3.56. The van der Waals surface area contributed by atoms with E-state index in [9.17, 15) is 0 Å². The monoisotopic (exact) mass is 263 g/mol. The zero-order valence-corrected chi connectivity index (χ0v) is 12.1. The molecule has 106 valence electrons. The molecule has 0 saturated heterocycles. The van der Waals surface area contributed by atoms with Crippen LogP contribution in [0.15, 0.2) is 18.2 Å². The number of fused-ring (bicyclic) bond motifs is 1. The molecule has 1 aromatic carbocycles. The second-order valence-electron chi connectivity index (χ2n) is 5.07. The van der Waals surface area contributed by atoms with E-state index in [1.54, 1.807) is 0 Å². The molecule has 3 heteroatoms. The van der Waals surface area contributed by atoms with E-state index in [2.05, 4.69) is 25.2 Å². The average Bonchev–Trinajstić information content (AvgIpc) is 2.69. The van der Waals surface area contributed by atoms with E-state index in [0.29, 0.717) is 6.04 Å². The number of rotatable bonds is 6. The summed E-state index contributed by atoms with van der Waals surface area (Å²) in [5, 5.41) is 3.62. The van der Waals surface area contributed by atoms with Crippen LogP contribution in [0.5, 0.6) is 11.5 Å². The maximum atomic E-state index is 5.84. The Morgan fingerprint density at radius 3 is 2.84 bits per heavy atom. The van der Waals surface area contributed by atoms with Crippen LogP contribution in [0.1, 0.15) is 45.1 Å². The van der Waals surface area contributed by atoms with Gasteiger partial charge in [0.15, 0.2) is 11.5 Å². The smallest absolute Gasteiger partial charge is 0.165 e. The van der Waals surface area contributed by atoms with Crippen molar-refractivity contribution < 1.29 is 9.47 Å². The highest BCUT2D eigenvalue weighted by Crippen LogP contribution is 2.33. The molecule has 1 aromatic rings. The minimum atomic E-state index is 0.590. The van der Waals surface area contributed by atoms with E-state index >= 15 is 0 Å². The van der Waals surface area contributed by atoms with Crippen LogP contribution in [-0.2, 0) is 6.54 Å². The molecule has 3 nitrogen and oxygen atoms in total. The van der Waals surface area contributed by atoms with Gasteiger partial charge in [0.25, 0.3) is 0 Å². The molecule has 0 aromatic heterocycles. The van der Waals surface area contributed by atoms with Gasteiger partial charge >= 0.3 is 0 Å². The fourth-order valence-electron chi connectivity index (χ4n) is 2.45. The molecule has 1 heterocycles. The predicted octanol–water partition coefficient (Wildman–Crippen LogP) is 3.52. The molecule has 2 rings (SSSR count). The van der Waals surface area contributed by atoms with Gasteiger partial charge in [-0.15, -0.1) is 0 Å². The predicted molar refractivity (Wildman–Crippen MR) is 77.9 cm³/mol. The first-order valence-corrected chi connectivity index (χ1v) is 7.46. The van der Waals surface area contributed by atoms with Gasteiger partial charge in [0.2, 0.25) is 0 Å². The zero-order chi connectivity index (χ0) is 13.5. The topological polar surface area (TPSA) is 30.5 Å². The first-order valence-electron chi connectivity index (χ1n) is 7.46. The molecule has 1 N–H and O–H groups in total. The summed E-state index contributed by atoms with van der Waals surface area (Å²) >= 11 is 0. The van der Waals surface area contributed by atoms with Crippen LogP contribution >= 0.6 is 0 Å². The van der Waals surface area contributed by atoms with Gasteiger partial charge in [-0.2, -0.15) is 0 Å². The highest BCUT2D eigenvalue weighted by atomic mass is 16.5. The normalized spacial score (nSPS) is 15.9. The van der Waals surface area contributed by atoms with Gasteiger partial charge in [-0.1, -0.05) is 32.4 Å². The van der Waals surface area contributed by atoms with E-state index in [1.165, 1.54) is 24.8 Å². The Hall–Kier alpha value is -1.22. The van der Waals surface area contributed by atoms with Crippen LogP contribution in [0, 0.1) is 0 Å². The standard InChI is InChI=1S/C16H25NO2/c1-3-7-14(4-2)17-12-13-8-5-9-15-16(13)19-11-6-10-18-15/h5,8-9,14,17H,3-4,6-7,10-12H2,1-2H3. The van der Waals surface area contributed by atoms with Crippen LogP contribution in [0.4, 0.5) is 0 Å². The minimum Gasteiger partial charge on any atom is -0.490 e. The van der Waals surface area contributed by atoms with Crippen molar-refractivity contribution in [3.8, 4) is 11.5 Å². The molecule has 0 saturated carbocycles. The summed E-state index contributed by atoms with van der Waals surface area (Å²) in [4.78, 5) is 0. The van der Waals surface area contributed by atoms with E-state index in [1.807, 2.05) is 12.1 Å². The van der Waals surface area contributed by atoms with Crippen molar-refractivity contribution in [1.82, 2.24) is 5.32 Å². The molecule has 1 aliphatic heterocycles. The van der Waals surface area contributed by atoms with Crippen molar-refractivity contribution in [3.63, 3.8) is 0 Å². The number of hydrogen-bond acceptors (Lipinski definition) is 3. The van der Waals surface area contributed by atoms with E-state index < -0.39 is 0 Å². The van der Waals surface area contributed by atoms with Crippen LogP contribution in [0.3, 0.4) is 0 Å². The number of nitrogens with one attached hydrogen (secondary N) is 1. The van der Waals surface area contributed by atoms with Crippen molar-refractivity contribution in [2.75, 3.05) is 13.2 Å². The van der Waals surface area contributed by atoms with Gasteiger partial charge in [-0.05, 0) is 18.9 Å². The minimum absolute atomic E-state index is 0.590. The lowest BCUT2D eigenvalue weighted by atomic mass is 10.1. The summed E-state index contributed by atoms with van der Waals surface area (Å²) in [7, 11) is 0. The lowest BCUT2D eigenvalue weighted by Crippen LogP contribution is -2.27. The maximum Gasteiger partial charge on any atom is 0.165 e. The Balaban J connectivity index is 2.03. The lowest BCUT2D eigenvalue weighted by molar-refractivity contribution is 0.295. The van der Waals surface area contributed by atoms with Gasteiger partial charge < -0.3 is 14.8 Å². The molecule has 1 unspecified atom stereocenters. The second-order valence-corrected chi connectivity index (χ2v) is 5.07. The fourth-order valence-corrected chi connectivity index (χ4v) is 2.45. The Morgan fingerprint density at radius 1 is 1.21 bits per heavy atom. The molecule has 0 fully saturated rings. The van der Waals surface area contributed by atoms with Crippen molar-refractivity contribution in [2.45, 2.75) is 52.1 Å². The first kappa shape index (κ1) is 14.2. The Morgan fingerprint density at radius 2 is 2.05 bits per heavy atom. The quantitative estimate of drug-likeness (QED) is 0.852. The summed E-state index contributed by atoms with van der Waals surface area (Å²) in [5.41, 5.74) is 1.20. The maximum absolute atomic E-state index is 5.84. The van der Waals surface area contributed by atoms with Crippen molar-refractivity contribution >= 4 is 0 Å². The molecule has 19 heavy (non-hydrogen) atoms. The summed E-state index contributed by atoms with van der Waals surface area (Å²) < 4.78 is 11.6. The van der Waals surface area contributed by atoms with E-state index in [0.717, 1.165) is 37.7 Å². The van der Waals surface area contributed by atoms with Gasteiger partial charge in [-0.25, -0.2) is 0 Å². The summed E-state index contributed by atoms with van der Waals surface area (Å²) in [5.74, 6) is 1.82. The Bertz CT molecular complexity index is 392. The third-order valence-corrected chi connectivity index (χ3v) is 3.56. The van der Waals surface area contributed by atoms with Crippen LogP contribution in [-0.4, -0.2) is 19.3 Å². The highest BCUT2D eigenvalue weighted by molar-refractivity contribution is 5.47. The zero-order valence-electron chi connectivity index (χ0n) is 12.1. The number of hydrogen-bond donors (Lipinski definition) is 1. The molecule has 0 aliphatic carbocycles. The van der Waals surface area contributed by atoms with Crippen LogP contribution in [0.2, 0.25) is 0 Å². The van der Waals surface area contributed by atoms with Gasteiger partial charge in [0.05, 0.1) is 13.2 Å². The lowest BCUT2D eigenvalue weighted by Gasteiger charge is -2.18. The molecule has 0 amide bonds. The summed E-state index contributed by atoms with van der Waals surface area (Å²) in [6, 6.07) is 6.75. The first-order chi connectivity index (χ1) is 9.35. The van der Waals surface area contributed by atoms with Gasteiger partial charge in [-0.3, -0.25) is 0 Å². The largest absolute Gasteiger partial charge is 0.490 e. The number of para-hydroxylation sites is 1. The van der Waals surface area contributed by atoms with E-state index in [4.69, 9.17) is 9.47 Å².